The molecule has 0 spiro atoms. The third-order valence-corrected chi connectivity index (χ3v) is 4.85. The second-order valence-corrected chi connectivity index (χ2v) is 6.69. The van der Waals surface area contributed by atoms with Gasteiger partial charge in [0.2, 0.25) is 0 Å². The molecule has 0 heterocycles. The van der Waals surface area contributed by atoms with Gasteiger partial charge in [-0.15, -0.1) is 0 Å². The summed E-state index contributed by atoms with van der Waals surface area (Å²) in [5, 5.41) is 9.19. The minimum Gasteiger partial charge on any atom is -0.478 e. The Morgan fingerprint density at radius 2 is 1.41 bits per heavy atom. The van der Waals surface area contributed by atoms with Gasteiger partial charge in [0.05, 0.1) is 5.56 Å². The Kier molecular flexibility index (Phi) is 6.01. The van der Waals surface area contributed by atoms with Gasteiger partial charge < -0.3 is 5.11 Å². The summed E-state index contributed by atoms with van der Waals surface area (Å²) >= 11 is 0. The van der Waals surface area contributed by atoms with Crippen molar-refractivity contribution < 1.29 is 27.5 Å². The van der Waals surface area contributed by atoms with E-state index in [2.05, 4.69) is 0 Å². The van der Waals surface area contributed by atoms with E-state index in [4.69, 9.17) is 0 Å². The highest BCUT2D eigenvalue weighted by atomic mass is 19.2. The number of carbonyl (C=O) groups is 1. The number of halogens is 4. The highest BCUT2D eigenvalue weighted by Gasteiger charge is 2.21. The lowest BCUT2D eigenvalue weighted by atomic mass is 9.92. The van der Waals surface area contributed by atoms with Crippen molar-refractivity contribution in [3.8, 4) is 11.1 Å². The first-order valence-corrected chi connectivity index (χ1v) is 9.09. The first-order valence-electron chi connectivity index (χ1n) is 9.09. The summed E-state index contributed by atoms with van der Waals surface area (Å²) in [7, 11) is 0. The molecule has 0 fully saturated rings. The molecule has 3 aromatic carbocycles. The molecule has 0 saturated carbocycles. The normalized spacial score (nSPS) is 10.9. The van der Waals surface area contributed by atoms with E-state index in [1.165, 1.54) is 11.6 Å². The van der Waals surface area contributed by atoms with Gasteiger partial charge >= 0.3 is 5.97 Å². The van der Waals surface area contributed by atoms with Crippen LogP contribution < -0.4 is 0 Å². The highest BCUT2D eigenvalue weighted by Crippen LogP contribution is 2.32. The van der Waals surface area contributed by atoms with Gasteiger partial charge in [-0.25, -0.2) is 22.4 Å². The van der Waals surface area contributed by atoms with Crippen LogP contribution in [0.3, 0.4) is 0 Å². The molecule has 150 valence electrons. The number of rotatable bonds is 6. The fourth-order valence-corrected chi connectivity index (χ4v) is 3.22. The number of aryl methyl sites for hydroxylation is 3. The lowest BCUT2D eigenvalue weighted by Crippen LogP contribution is -2.06. The highest BCUT2D eigenvalue weighted by molar-refractivity contribution is 5.90. The van der Waals surface area contributed by atoms with Crippen LogP contribution in [0.25, 0.3) is 11.1 Å². The summed E-state index contributed by atoms with van der Waals surface area (Å²) in [5.74, 6) is -7.22. The molecule has 2 nitrogen and oxygen atoms in total. The molecule has 3 aromatic rings. The van der Waals surface area contributed by atoms with Crippen LogP contribution in [0.4, 0.5) is 17.6 Å². The Labute approximate surface area is 165 Å². The Bertz CT molecular complexity index is 1040. The van der Waals surface area contributed by atoms with E-state index in [-0.39, 0.29) is 11.1 Å². The zero-order valence-electron chi connectivity index (χ0n) is 15.6. The zero-order valence-corrected chi connectivity index (χ0v) is 15.6. The molecule has 0 amide bonds. The van der Waals surface area contributed by atoms with E-state index in [1.807, 2.05) is 31.2 Å². The Hall–Kier alpha value is -3.15. The van der Waals surface area contributed by atoms with Gasteiger partial charge in [-0.1, -0.05) is 37.3 Å². The monoisotopic (exact) mass is 402 g/mol. The van der Waals surface area contributed by atoms with Crippen molar-refractivity contribution in [3.05, 3.63) is 94.1 Å². The Morgan fingerprint density at radius 3 is 1.97 bits per heavy atom. The molecular formula is C23H18F4O2. The fraction of sp³-hybridized carbons (Fsp3) is 0.174. The van der Waals surface area contributed by atoms with Gasteiger partial charge in [0.1, 0.15) is 5.82 Å². The summed E-state index contributed by atoms with van der Waals surface area (Å²) in [4.78, 5) is 11.3. The van der Waals surface area contributed by atoms with E-state index in [1.54, 1.807) is 0 Å². The van der Waals surface area contributed by atoms with Crippen molar-refractivity contribution in [2.45, 2.75) is 26.2 Å². The van der Waals surface area contributed by atoms with E-state index in [0.29, 0.717) is 30.5 Å². The summed E-state index contributed by atoms with van der Waals surface area (Å²) in [6.07, 6.45) is 1.71. The van der Waals surface area contributed by atoms with Gasteiger partial charge in [0, 0.05) is 5.56 Å². The molecule has 6 heteroatoms. The molecule has 29 heavy (non-hydrogen) atoms. The molecule has 0 atom stereocenters. The summed E-state index contributed by atoms with van der Waals surface area (Å²) in [6, 6.07) is 11.7. The number of hydrogen-bond acceptors (Lipinski definition) is 1. The predicted octanol–water partition coefficient (Wildman–Crippen LogP) is 5.96. The van der Waals surface area contributed by atoms with Crippen LogP contribution >= 0.6 is 0 Å². The van der Waals surface area contributed by atoms with Crippen LogP contribution in [0.1, 0.15) is 34.0 Å². The fourth-order valence-electron chi connectivity index (χ4n) is 3.22. The average molecular weight is 402 g/mol. The smallest absolute Gasteiger partial charge is 0.338 e. The average Bonchev–Trinajstić information content (AvgIpc) is 2.70. The quantitative estimate of drug-likeness (QED) is 0.408. The van der Waals surface area contributed by atoms with Crippen LogP contribution in [0, 0.1) is 23.3 Å². The van der Waals surface area contributed by atoms with Gasteiger partial charge in [-0.2, -0.15) is 0 Å². The van der Waals surface area contributed by atoms with Gasteiger partial charge in [0.15, 0.2) is 17.5 Å². The minimum atomic E-state index is -1.67. The number of benzene rings is 3. The lowest BCUT2D eigenvalue weighted by Gasteiger charge is -2.14. The van der Waals surface area contributed by atoms with Crippen molar-refractivity contribution in [2.24, 2.45) is 0 Å². The predicted molar refractivity (Wildman–Crippen MR) is 102 cm³/mol. The second kappa shape index (κ2) is 8.47. The van der Waals surface area contributed by atoms with E-state index < -0.39 is 34.8 Å². The number of hydrogen-bond donors (Lipinski definition) is 1. The first-order chi connectivity index (χ1) is 13.8. The standard InChI is InChI=1S/C23H18F4O2/c1-2-13-3-5-14(6-4-13)7-8-15-9-10-17(23(28)29)21(26)20(15)16-11-18(24)22(27)19(25)12-16/h3-6,9-12H,2,7-8H2,1H3,(H,28,29). The topological polar surface area (TPSA) is 37.3 Å². The summed E-state index contributed by atoms with van der Waals surface area (Å²) < 4.78 is 55.7. The molecule has 3 rings (SSSR count). The van der Waals surface area contributed by atoms with Gasteiger partial charge in [-0.05, 0) is 59.7 Å². The first kappa shape index (κ1) is 20.6. The molecule has 0 aromatic heterocycles. The summed E-state index contributed by atoms with van der Waals surface area (Å²) in [6.45, 7) is 2.04. The van der Waals surface area contributed by atoms with Gasteiger partial charge in [0.25, 0.3) is 0 Å². The molecule has 0 radical (unpaired) electrons. The SMILES string of the molecule is CCc1ccc(CCc2ccc(C(=O)O)c(F)c2-c2cc(F)c(F)c(F)c2)cc1. The minimum absolute atomic E-state index is 0.243. The van der Waals surface area contributed by atoms with Crippen molar-refractivity contribution in [1.29, 1.82) is 0 Å². The van der Waals surface area contributed by atoms with E-state index >= 15 is 0 Å². The molecular weight excluding hydrogens is 384 g/mol. The third-order valence-electron chi connectivity index (χ3n) is 4.85. The Balaban J connectivity index is 2.04. The number of aromatic carboxylic acids is 1. The molecule has 0 unspecified atom stereocenters. The second-order valence-electron chi connectivity index (χ2n) is 6.69. The van der Waals surface area contributed by atoms with Crippen LogP contribution in [0.15, 0.2) is 48.5 Å². The van der Waals surface area contributed by atoms with Crippen molar-refractivity contribution >= 4 is 5.97 Å². The maximum absolute atomic E-state index is 14.9. The largest absolute Gasteiger partial charge is 0.478 e. The van der Waals surface area contributed by atoms with Crippen LogP contribution in [-0.2, 0) is 19.3 Å². The Morgan fingerprint density at radius 1 is 0.828 bits per heavy atom. The zero-order chi connectivity index (χ0) is 21.1. The van der Waals surface area contributed by atoms with Crippen LogP contribution in [0.5, 0.6) is 0 Å². The lowest BCUT2D eigenvalue weighted by molar-refractivity contribution is 0.0692. The van der Waals surface area contributed by atoms with Crippen molar-refractivity contribution in [3.63, 3.8) is 0 Å². The van der Waals surface area contributed by atoms with Crippen LogP contribution in [-0.4, -0.2) is 11.1 Å². The van der Waals surface area contributed by atoms with Gasteiger partial charge in [-0.3, -0.25) is 0 Å². The molecule has 0 aliphatic carbocycles. The maximum Gasteiger partial charge on any atom is 0.338 e. The van der Waals surface area contributed by atoms with Crippen molar-refractivity contribution in [1.82, 2.24) is 0 Å². The third kappa shape index (κ3) is 4.31. The van der Waals surface area contributed by atoms with Crippen LogP contribution in [0.2, 0.25) is 0 Å². The number of carboxylic acids is 1. The molecule has 0 saturated heterocycles. The van der Waals surface area contributed by atoms with Crippen molar-refractivity contribution in [2.75, 3.05) is 0 Å². The molecule has 0 bridgehead atoms. The van der Waals surface area contributed by atoms with E-state index in [9.17, 15) is 27.5 Å². The molecule has 0 aliphatic rings. The summed E-state index contributed by atoms with van der Waals surface area (Å²) in [5.41, 5.74) is 1.40. The maximum atomic E-state index is 14.9. The molecule has 1 N–H and O–H groups in total. The number of carboxylic acid groups (broad SMARTS) is 1. The van der Waals surface area contributed by atoms with E-state index in [0.717, 1.165) is 18.1 Å². The molecule has 0 aliphatic heterocycles.